The Morgan fingerprint density at radius 1 is 1.15 bits per heavy atom. The van der Waals surface area contributed by atoms with Gasteiger partial charge in [0, 0.05) is 30.7 Å². The number of aryl methyl sites for hydroxylation is 3. The molecule has 7 nitrogen and oxygen atoms in total. The molecule has 1 aliphatic rings. The lowest BCUT2D eigenvalue weighted by Crippen LogP contribution is -2.34. The van der Waals surface area contributed by atoms with E-state index in [0.29, 0.717) is 42.1 Å². The van der Waals surface area contributed by atoms with E-state index in [2.05, 4.69) is 25.3 Å². The monoisotopic (exact) mass is 445 g/mol. The maximum Gasteiger partial charge on any atom is 0.220 e. The van der Waals surface area contributed by atoms with E-state index in [-0.39, 0.29) is 24.2 Å². The van der Waals surface area contributed by atoms with Crippen molar-refractivity contribution in [1.29, 1.82) is 0 Å². The first-order valence-corrected chi connectivity index (χ1v) is 11.0. The molecule has 1 unspecified atom stereocenters. The van der Waals surface area contributed by atoms with Gasteiger partial charge in [-0.1, -0.05) is 12.1 Å². The van der Waals surface area contributed by atoms with Crippen molar-refractivity contribution in [3.63, 3.8) is 0 Å². The van der Waals surface area contributed by atoms with E-state index in [0.717, 1.165) is 28.3 Å². The average Bonchev–Trinajstić information content (AvgIpc) is 3.38. The number of carbonyl (C=O) groups is 1. The number of ether oxygens (including phenoxy) is 1. The normalized spacial score (nSPS) is 14.8. The van der Waals surface area contributed by atoms with Crippen LogP contribution in [0.2, 0.25) is 0 Å². The summed E-state index contributed by atoms with van der Waals surface area (Å²) in [4.78, 5) is 29.0. The number of benzene rings is 2. The summed E-state index contributed by atoms with van der Waals surface area (Å²) in [6.45, 7) is 4.31. The first-order chi connectivity index (χ1) is 15.9. The van der Waals surface area contributed by atoms with Gasteiger partial charge in [-0.15, -0.1) is 0 Å². The van der Waals surface area contributed by atoms with Crippen molar-refractivity contribution in [1.82, 2.24) is 25.3 Å². The molecule has 8 heteroatoms. The Hall–Kier alpha value is -3.81. The highest BCUT2D eigenvalue weighted by Gasteiger charge is 2.27. The van der Waals surface area contributed by atoms with Crippen LogP contribution in [0, 0.1) is 19.7 Å². The van der Waals surface area contributed by atoms with Gasteiger partial charge in [0.15, 0.2) is 5.82 Å². The van der Waals surface area contributed by atoms with Crippen molar-refractivity contribution in [2.45, 2.75) is 39.2 Å². The van der Waals surface area contributed by atoms with Gasteiger partial charge in [-0.05, 0) is 49.7 Å². The van der Waals surface area contributed by atoms with E-state index >= 15 is 0 Å². The van der Waals surface area contributed by atoms with Crippen LogP contribution in [0.5, 0.6) is 5.75 Å². The molecule has 0 bridgehead atoms. The van der Waals surface area contributed by atoms with Crippen LogP contribution in [0.4, 0.5) is 4.39 Å². The molecule has 2 N–H and O–H groups in total. The minimum Gasteiger partial charge on any atom is -0.487 e. The number of hydrogen-bond donors (Lipinski definition) is 2. The zero-order valence-corrected chi connectivity index (χ0v) is 18.5. The highest BCUT2D eigenvalue weighted by atomic mass is 19.1. The molecule has 0 fully saturated rings. The molecular formula is C25H24FN5O2. The Balaban J connectivity index is 1.18. The largest absolute Gasteiger partial charge is 0.487 e. The zero-order chi connectivity index (χ0) is 22.9. The molecular weight excluding hydrogens is 421 g/mol. The molecule has 0 saturated heterocycles. The molecule has 0 aliphatic carbocycles. The molecule has 1 atom stereocenters. The zero-order valence-electron chi connectivity index (χ0n) is 18.5. The number of hydrogen-bond acceptors (Lipinski definition) is 5. The quantitative estimate of drug-likeness (QED) is 0.471. The number of aromatic amines is 1. The van der Waals surface area contributed by atoms with E-state index in [1.807, 2.05) is 38.1 Å². The smallest absolute Gasteiger partial charge is 0.220 e. The molecule has 33 heavy (non-hydrogen) atoms. The number of nitrogens with zero attached hydrogens (tertiary/aromatic N) is 3. The van der Waals surface area contributed by atoms with Crippen LogP contribution in [0.3, 0.4) is 0 Å². The second-order valence-corrected chi connectivity index (χ2v) is 8.36. The van der Waals surface area contributed by atoms with Gasteiger partial charge in [0.25, 0.3) is 0 Å². The van der Waals surface area contributed by atoms with Crippen LogP contribution in [0.25, 0.3) is 22.4 Å². The molecule has 5 rings (SSSR count). The fourth-order valence-electron chi connectivity index (χ4n) is 4.18. The predicted molar refractivity (Wildman–Crippen MR) is 122 cm³/mol. The second-order valence-electron chi connectivity index (χ2n) is 8.36. The van der Waals surface area contributed by atoms with E-state index in [1.165, 1.54) is 12.1 Å². The Morgan fingerprint density at radius 3 is 2.79 bits per heavy atom. The van der Waals surface area contributed by atoms with Gasteiger partial charge in [0.05, 0.1) is 23.1 Å². The Morgan fingerprint density at radius 2 is 1.97 bits per heavy atom. The van der Waals surface area contributed by atoms with Crippen molar-refractivity contribution in [2.24, 2.45) is 0 Å². The third-order valence-electron chi connectivity index (χ3n) is 5.66. The van der Waals surface area contributed by atoms with Gasteiger partial charge in [-0.25, -0.2) is 19.3 Å². The second kappa shape index (κ2) is 8.61. The average molecular weight is 445 g/mol. The number of fused-ring (bicyclic) bond motifs is 2. The highest BCUT2D eigenvalue weighted by Crippen LogP contribution is 2.37. The van der Waals surface area contributed by atoms with Gasteiger partial charge in [-0.2, -0.15) is 0 Å². The van der Waals surface area contributed by atoms with E-state index in [4.69, 9.17) is 4.74 Å². The highest BCUT2D eigenvalue weighted by molar-refractivity contribution is 5.77. The van der Waals surface area contributed by atoms with Gasteiger partial charge in [0.1, 0.15) is 23.5 Å². The maximum absolute atomic E-state index is 13.3. The predicted octanol–water partition coefficient (Wildman–Crippen LogP) is 3.83. The number of nitrogens with one attached hydrogen (secondary N) is 2. The number of rotatable bonds is 6. The number of H-pyrrole nitrogens is 1. The van der Waals surface area contributed by atoms with Crippen LogP contribution in [0.1, 0.15) is 29.2 Å². The van der Waals surface area contributed by atoms with Crippen molar-refractivity contribution >= 4 is 16.9 Å². The van der Waals surface area contributed by atoms with Crippen molar-refractivity contribution in [3.8, 4) is 17.1 Å². The van der Waals surface area contributed by atoms with Crippen LogP contribution in [-0.2, 0) is 17.6 Å². The molecule has 2 aromatic carbocycles. The lowest BCUT2D eigenvalue weighted by Gasteiger charge is -2.13. The van der Waals surface area contributed by atoms with Gasteiger partial charge >= 0.3 is 0 Å². The number of aromatic nitrogens is 4. The molecule has 0 spiro atoms. The first-order valence-electron chi connectivity index (χ1n) is 11.0. The lowest BCUT2D eigenvalue weighted by molar-refractivity contribution is -0.121. The van der Waals surface area contributed by atoms with Crippen LogP contribution < -0.4 is 10.1 Å². The molecule has 4 aromatic rings. The number of carbonyl (C=O) groups excluding carboxylic acids is 1. The molecule has 3 heterocycles. The van der Waals surface area contributed by atoms with E-state index in [9.17, 15) is 9.18 Å². The topological polar surface area (TPSA) is 92.8 Å². The minimum atomic E-state index is -0.319. The summed E-state index contributed by atoms with van der Waals surface area (Å²) in [5.74, 6) is 1.70. The van der Waals surface area contributed by atoms with Gasteiger partial charge < -0.3 is 15.0 Å². The van der Waals surface area contributed by atoms with Gasteiger partial charge in [0.2, 0.25) is 5.91 Å². The van der Waals surface area contributed by atoms with Crippen LogP contribution in [0.15, 0.2) is 42.5 Å². The summed E-state index contributed by atoms with van der Waals surface area (Å²) >= 11 is 0. The maximum atomic E-state index is 13.3. The van der Waals surface area contributed by atoms with E-state index < -0.39 is 0 Å². The molecule has 0 radical (unpaired) electrons. The molecule has 1 amide bonds. The summed E-state index contributed by atoms with van der Waals surface area (Å²) in [6.07, 6.45) is 1.29. The molecule has 1 aliphatic heterocycles. The molecule has 2 aromatic heterocycles. The number of para-hydroxylation sites is 1. The fourth-order valence-corrected chi connectivity index (χ4v) is 4.18. The summed E-state index contributed by atoms with van der Waals surface area (Å²) in [5.41, 5.74) is 5.09. The van der Waals surface area contributed by atoms with Crippen molar-refractivity contribution < 1.29 is 13.9 Å². The SMILES string of the molecule is Cc1cc(C)nc(-c2cccc3c2OC(CNC(=O)CCc2nc4ccc(F)cc4[nH]2)C3)n1. The number of imidazole rings is 1. The van der Waals surface area contributed by atoms with E-state index in [1.54, 1.807) is 6.07 Å². The molecule has 0 saturated carbocycles. The summed E-state index contributed by atoms with van der Waals surface area (Å²) in [6, 6.07) is 12.3. The Kier molecular flexibility index (Phi) is 5.50. The van der Waals surface area contributed by atoms with Crippen LogP contribution in [-0.4, -0.2) is 38.5 Å². The summed E-state index contributed by atoms with van der Waals surface area (Å²) < 4.78 is 19.5. The van der Waals surface area contributed by atoms with Crippen molar-refractivity contribution in [3.05, 3.63) is 71.1 Å². The van der Waals surface area contributed by atoms with Crippen molar-refractivity contribution in [2.75, 3.05) is 6.54 Å². The fraction of sp³-hybridized carbons (Fsp3) is 0.280. The lowest BCUT2D eigenvalue weighted by atomic mass is 10.1. The Labute approximate surface area is 190 Å². The number of amides is 1. The standard InChI is InChI=1S/C25H24FN5O2/c1-14-10-15(2)29-25(28-14)19-5-3-4-16-11-18(33-24(16)19)13-27-23(32)9-8-22-30-20-7-6-17(26)12-21(20)31-22/h3-7,10,12,18H,8-9,11,13H2,1-2H3,(H,27,32)(H,30,31). The summed E-state index contributed by atoms with van der Waals surface area (Å²) in [7, 11) is 0. The first kappa shape index (κ1) is 21.1. The van der Waals surface area contributed by atoms with Crippen LogP contribution >= 0.6 is 0 Å². The molecule has 168 valence electrons. The minimum absolute atomic E-state index is 0.0842. The Bertz CT molecular complexity index is 1330. The number of halogens is 1. The third-order valence-corrected chi connectivity index (χ3v) is 5.66. The van der Waals surface area contributed by atoms with Gasteiger partial charge in [-0.3, -0.25) is 4.79 Å². The third kappa shape index (κ3) is 4.55. The summed E-state index contributed by atoms with van der Waals surface area (Å²) in [5, 5.41) is 2.95.